The minimum Gasteiger partial charge on any atom is -0.267 e. The average Bonchev–Trinajstić information content (AvgIpc) is 2.63. The number of nitrogens with zero attached hydrogens (tertiary/aromatic N) is 3. The molecule has 7 heteroatoms. The highest BCUT2D eigenvalue weighted by atomic mass is 16.2. The number of aromatic amines is 1. The molecule has 24 heavy (non-hydrogen) atoms. The van der Waals surface area contributed by atoms with Gasteiger partial charge >= 0.3 is 0 Å². The van der Waals surface area contributed by atoms with E-state index in [4.69, 9.17) is 5.26 Å². The number of rotatable bonds is 3. The highest BCUT2D eigenvalue weighted by Gasteiger charge is 2.12. The van der Waals surface area contributed by atoms with Crippen molar-refractivity contribution in [1.29, 1.82) is 5.26 Å². The van der Waals surface area contributed by atoms with Crippen LogP contribution >= 0.6 is 0 Å². The molecule has 0 spiro atoms. The Bertz CT molecular complexity index is 1030. The van der Waals surface area contributed by atoms with Gasteiger partial charge in [0.25, 0.3) is 11.5 Å². The quantitative estimate of drug-likeness (QED) is 0.564. The molecule has 1 heterocycles. The van der Waals surface area contributed by atoms with Crippen molar-refractivity contribution in [3.05, 3.63) is 75.7 Å². The summed E-state index contributed by atoms with van der Waals surface area (Å²) in [6, 6.07) is 15.4. The van der Waals surface area contributed by atoms with Gasteiger partial charge in [0, 0.05) is 5.39 Å². The van der Waals surface area contributed by atoms with E-state index in [2.05, 4.69) is 20.7 Å². The molecule has 3 rings (SSSR count). The average molecular weight is 317 g/mol. The normalized spacial score (nSPS) is 10.6. The molecule has 0 unspecified atom stereocenters. The number of amides is 1. The van der Waals surface area contributed by atoms with E-state index in [0.29, 0.717) is 16.3 Å². The molecule has 0 aliphatic heterocycles. The van der Waals surface area contributed by atoms with Crippen molar-refractivity contribution in [2.24, 2.45) is 5.10 Å². The van der Waals surface area contributed by atoms with Crippen LogP contribution in [-0.2, 0) is 0 Å². The zero-order valence-corrected chi connectivity index (χ0v) is 12.4. The molecule has 0 fully saturated rings. The molecule has 0 saturated carbocycles. The maximum atomic E-state index is 12.2. The van der Waals surface area contributed by atoms with Crippen LogP contribution in [0.4, 0.5) is 0 Å². The summed E-state index contributed by atoms with van der Waals surface area (Å²) in [7, 11) is 0. The summed E-state index contributed by atoms with van der Waals surface area (Å²) in [5, 5.41) is 19.5. The number of H-pyrrole nitrogens is 1. The first-order valence-corrected chi connectivity index (χ1v) is 7.00. The molecule has 2 aromatic carbocycles. The predicted octanol–water partition coefficient (Wildman–Crippen LogP) is 1.56. The smallest absolute Gasteiger partial charge is 0.267 e. The number of nitriles is 1. The molecule has 116 valence electrons. The van der Waals surface area contributed by atoms with Crippen molar-refractivity contribution in [2.45, 2.75) is 0 Å². The van der Waals surface area contributed by atoms with Crippen molar-refractivity contribution in [2.75, 3.05) is 0 Å². The summed E-state index contributed by atoms with van der Waals surface area (Å²) in [5.74, 6) is -0.535. The Morgan fingerprint density at radius 3 is 2.58 bits per heavy atom. The van der Waals surface area contributed by atoms with E-state index in [1.165, 1.54) is 6.21 Å². The summed E-state index contributed by atoms with van der Waals surface area (Å²) in [5.41, 5.74) is 3.37. The summed E-state index contributed by atoms with van der Waals surface area (Å²) in [6.45, 7) is 0. The summed E-state index contributed by atoms with van der Waals surface area (Å²) in [4.78, 5) is 23.9. The van der Waals surface area contributed by atoms with E-state index < -0.39 is 5.91 Å². The van der Waals surface area contributed by atoms with Gasteiger partial charge < -0.3 is 0 Å². The van der Waals surface area contributed by atoms with Gasteiger partial charge in [-0.15, -0.1) is 0 Å². The number of hydrazone groups is 1. The standard InChI is InChI=1S/C17H11N5O2/c18-9-11-5-7-12(8-6-11)10-19-21-17(24)15-13-3-1-2-4-14(13)16(23)22-20-15/h1-8,10H,(H,21,24)(H,22,23)/b19-10+. The molecule has 0 aliphatic rings. The summed E-state index contributed by atoms with van der Waals surface area (Å²) >= 11 is 0. The lowest BCUT2D eigenvalue weighted by molar-refractivity contribution is 0.0951. The van der Waals surface area contributed by atoms with Crippen LogP contribution in [0.15, 0.2) is 58.4 Å². The lowest BCUT2D eigenvalue weighted by Gasteiger charge is -2.03. The molecule has 1 amide bonds. The minimum absolute atomic E-state index is 0.0854. The van der Waals surface area contributed by atoms with Crippen LogP contribution in [0.5, 0.6) is 0 Å². The summed E-state index contributed by atoms with van der Waals surface area (Å²) < 4.78 is 0. The van der Waals surface area contributed by atoms with Gasteiger partial charge in [0.05, 0.1) is 23.2 Å². The van der Waals surface area contributed by atoms with Crippen LogP contribution in [0, 0.1) is 11.3 Å². The van der Waals surface area contributed by atoms with Crippen LogP contribution in [0.1, 0.15) is 21.6 Å². The first kappa shape index (κ1) is 15.1. The van der Waals surface area contributed by atoms with Crippen LogP contribution in [0.25, 0.3) is 10.8 Å². The van der Waals surface area contributed by atoms with Gasteiger partial charge in [0.2, 0.25) is 0 Å². The lowest BCUT2D eigenvalue weighted by atomic mass is 10.1. The molecule has 2 N–H and O–H groups in total. The molecule has 7 nitrogen and oxygen atoms in total. The van der Waals surface area contributed by atoms with Gasteiger partial charge in [-0.3, -0.25) is 9.59 Å². The van der Waals surface area contributed by atoms with E-state index >= 15 is 0 Å². The molecule has 0 radical (unpaired) electrons. The van der Waals surface area contributed by atoms with Crippen LogP contribution in [0.3, 0.4) is 0 Å². The van der Waals surface area contributed by atoms with Crippen LogP contribution in [-0.4, -0.2) is 22.3 Å². The monoisotopic (exact) mass is 317 g/mol. The number of benzene rings is 2. The number of fused-ring (bicyclic) bond motifs is 1. The second kappa shape index (κ2) is 6.54. The van der Waals surface area contributed by atoms with Crippen molar-refractivity contribution in [3.63, 3.8) is 0 Å². The zero-order valence-electron chi connectivity index (χ0n) is 12.4. The highest BCUT2D eigenvalue weighted by Crippen LogP contribution is 2.12. The van der Waals surface area contributed by atoms with Gasteiger partial charge in [-0.05, 0) is 23.8 Å². The molecule has 0 aliphatic carbocycles. The molecule has 0 saturated heterocycles. The number of carbonyl (C=O) groups is 1. The van der Waals surface area contributed by atoms with E-state index in [0.717, 1.165) is 5.56 Å². The predicted molar refractivity (Wildman–Crippen MR) is 88.6 cm³/mol. The Kier molecular flexibility index (Phi) is 4.12. The SMILES string of the molecule is N#Cc1ccc(/C=N/NC(=O)c2n[nH]c(=O)c3ccccc23)cc1. The Morgan fingerprint density at radius 1 is 1.17 bits per heavy atom. The number of carbonyl (C=O) groups excluding carboxylic acids is 1. The van der Waals surface area contributed by atoms with Crippen molar-refractivity contribution in [1.82, 2.24) is 15.6 Å². The lowest BCUT2D eigenvalue weighted by Crippen LogP contribution is -2.22. The maximum Gasteiger partial charge on any atom is 0.292 e. The van der Waals surface area contributed by atoms with E-state index in [9.17, 15) is 9.59 Å². The molecule has 0 bridgehead atoms. The van der Waals surface area contributed by atoms with Crippen LogP contribution < -0.4 is 11.0 Å². The Morgan fingerprint density at radius 2 is 1.88 bits per heavy atom. The van der Waals surface area contributed by atoms with Gasteiger partial charge in [0.15, 0.2) is 5.69 Å². The number of hydrogen-bond acceptors (Lipinski definition) is 5. The fraction of sp³-hybridized carbons (Fsp3) is 0. The van der Waals surface area contributed by atoms with Crippen molar-refractivity contribution in [3.8, 4) is 6.07 Å². The van der Waals surface area contributed by atoms with Crippen molar-refractivity contribution < 1.29 is 4.79 Å². The molecular weight excluding hydrogens is 306 g/mol. The number of nitrogens with one attached hydrogen (secondary N) is 2. The van der Waals surface area contributed by atoms with E-state index in [1.807, 2.05) is 6.07 Å². The van der Waals surface area contributed by atoms with E-state index in [1.54, 1.807) is 48.5 Å². The van der Waals surface area contributed by atoms with E-state index in [-0.39, 0.29) is 11.3 Å². The van der Waals surface area contributed by atoms with Gasteiger partial charge in [-0.2, -0.15) is 15.5 Å². The third kappa shape index (κ3) is 3.03. The topological polar surface area (TPSA) is 111 Å². The Balaban J connectivity index is 1.80. The number of aromatic nitrogens is 2. The largest absolute Gasteiger partial charge is 0.292 e. The van der Waals surface area contributed by atoms with Gasteiger partial charge in [-0.1, -0.05) is 30.3 Å². The molecule has 3 aromatic rings. The zero-order chi connectivity index (χ0) is 16.9. The fourth-order valence-corrected chi connectivity index (χ4v) is 2.15. The Hall–Kier alpha value is -3.79. The maximum absolute atomic E-state index is 12.2. The Labute approximate surface area is 136 Å². The second-order valence-corrected chi connectivity index (χ2v) is 4.88. The minimum atomic E-state index is -0.535. The number of hydrogen-bond donors (Lipinski definition) is 2. The summed E-state index contributed by atoms with van der Waals surface area (Å²) in [6.07, 6.45) is 1.45. The fourth-order valence-electron chi connectivity index (χ4n) is 2.15. The third-order valence-electron chi connectivity index (χ3n) is 3.33. The molecular formula is C17H11N5O2. The van der Waals surface area contributed by atoms with Crippen LogP contribution in [0.2, 0.25) is 0 Å². The molecule has 0 atom stereocenters. The third-order valence-corrected chi connectivity index (χ3v) is 3.33. The molecule has 1 aromatic heterocycles. The highest BCUT2D eigenvalue weighted by molar-refractivity contribution is 6.04. The second-order valence-electron chi connectivity index (χ2n) is 4.88. The van der Waals surface area contributed by atoms with Gasteiger partial charge in [0.1, 0.15) is 0 Å². The first-order valence-electron chi connectivity index (χ1n) is 7.00. The van der Waals surface area contributed by atoms with Crippen molar-refractivity contribution >= 4 is 22.9 Å². The first-order chi connectivity index (χ1) is 11.7. The van der Waals surface area contributed by atoms with Gasteiger partial charge in [-0.25, -0.2) is 10.5 Å².